The molecule has 2 unspecified atom stereocenters. The van der Waals surface area contributed by atoms with Gasteiger partial charge in [0, 0.05) is 48.9 Å². The SMILES string of the molecule is C=CC(=O)N1CCN(c2c(C#N)c(=O)n(C3C(C(C)C)=NC=CC3C)c3nc(-c4c(O)c(Cl)c(Cl)c(F)c4Cl)c(Cl)cc23)C[C@H]1C. The van der Waals surface area contributed by atoms with Crippen molar-refractivity contribution in [1.29, 1.82) is 5.26 Å². The Labute approximate surface area is 284 Å². The summed E-state index contributed by atoms with van der Waals surface area (Å²) in [6, 6.07) is 2.67. The number of halogens is 5. The Morgan fingerprint density at radius 1 is 1.20 bits per heavy atom. The molecule has 0 aliphatic carbocycles. The number of hydrogen-bond acceptors (Lipinski definition) is 7. The molecule has 4 heterocycles. The molecule has 0 spiro atoms. The van der Waals surface area contributed by atoms with Crippen molar-refractivity contribution in [3.63, 3.8) is 0 Å². The standard InChI is InChI=1S/C32H29Cl4FN6O3/c1-6-20(44)42-10-9-41(13-16(42)5)29-17-11-19(33)27(21-22(34)25(37)23(35)24(36)30(21)45)40-31(17)43(32(46)18(29)12-38)28-15(4)7-8-39-26(28)14(2)3/h6-8,11,14-16,28,45H,1,9-10,13H2,2-5H3/t15?,16-,28?/m1/s1. The molecular weight excluding hydrogens is 677 g/mol. The molecule has 3 aromatic rings. The summed E-state index contributed by atoms with van der Waals surface area (Å²) in [5.74, 6) is -2.30. The van der Waals surface area contributed by atoms with Crippen molar-refractivity contribution in [2.75, 3.05) is 24.5 Å². The summed E-state index contributed by atoms with van der Waals surface area (Å²) in [7, 11) is 0. The maximum absolute atomic E-state index is 15.1. The van der Waals surface area contributed by atoms with Gasteiger partial charge >= 0.3 is 0 Å². The Balaban J connectivity index is 1.89. The molecule has 14 heteroatoms. The van der Waals surface area contributed by atoms with Crippen LogP contribution in [-0.4, -0.2) is 56.9 Å². The molecule has 1 aromatic carbocycles. The molecule has 0 saturated carbocycles. The van der Waals surface area contributed by atoms with Crippen molar-refractivity contribution in [2.45, 2.75) is 39.8 Å². The highest BCUT2D eigenvalue weighted by molar-refractivity contribution is 6.46. The lowest BCUT2D eigenvalue weighted by atomic mass is 9.88. The van der Waals surface area contributed by atoms with Gasteiger partial charge in [-0.2, -0.15) is 5.26 Å². The number of rotatable bonds is 5. The minimum atomic E-state index is -1.08. The Morgan fingerprint density at radius 2 is 1.89 bits per heavy atom. The van der Waals surface area contributed by atoms with Gasteiger partial charge in [-0.05, 0) is 25.0 Å². The van der Waals surface area contributed by atoms with E-state index in [1.54, 1.807) is 11.1 Å². The molecule has 9 nitrogen and oxygen atoms in total. The average molecular weight is 706 g/mol. The van der Waals surface area contributed by atoms with E-state index >= 15 is 4.39 Å². The van der Waals surface area contributed by atoms with Crippen LogP contribution in [0, 0.1) is 29.0 Å². The molecule has 46 heavy (non-hydrogen) atoms. The number of carbonyl (C=O) groups is 1. The number of benzene rings is 1. The van der Waals surface area contributed by atoms with E-state index in [1.807, 2.05) is 38.7 Å². The normalized spacial score (nSPS) is 19.8. The fourth-order valence-electron chi connectivity index (χ4n) is 6.17. The first kappa shape index (κ1) is 33.7. The number of anilines is 1. The first-order valence-corrected chi connectivity index (χ1v) is 15.9. The minimum Gasteiger partial charge on any atom is -0.506 e. The zero-order valence-corrected chi connectivity index (χ0v) is 28.3. The molecule has 2 aliphatic heterocycles. The van der Waals surface area contributed by atoms with Crippen LogP contribution in [0.15, 0.2) is 40.8 Å². The predicted octanol–water partition coefficient (Wildman–Crippen LogP) is 7.42. The molecule has 1 fully saturated rings. The summed E-state index contributed by atoms with van der Waals surface area (Å²) in [6.07, 6.45) is 4.77. The number of piperazine rings is 1. The van der Waals surface area contributed by atoms with E-state index < -0.39 is 38.2 Å². The maximum atomic E-state index is 15.1. The van der Waals surface area contributed by atoms with Gasteiger partial charge in [0.05, 0.1) is 33.0 Å². The summed E-state index contributed by atoms with van der Waals surface area (Å²) >= 11 is 25.3. The van der Waals surface area contributed by atoms with Crippen LogP contribution in [0.4, 0.5) is 10.1 Å². The van der Waals surface area contributed by atoms with Crippen LogP contribution in [-0.2, 0) is 4.79 Å². The third-order valence-electron chi connectivity index (χ3n) is 8.39. The topological polar surface area (TPSA) is 115 Å². The molecule has 1 saturated heterocycles. The number of fused-ring (bicyclic) bond motifs is 1. The second-order valence-corrected chi connectivity index (χ2v) is 13.1. The summed E-state index contributed by atoms with van der Waals surface area (Å²) in [6.45, 7) is 12.1. The maximum Gasteiger partial charge on any atom is 0.272 e. The smallest absolute Gasteiger partial charge is 0.272 e. The van der Waals surface area contributed by atoms with E-state index in [0.29, 0.717) is 24.2 Å². The van der Waals surface area contributed by atoms with Gasteiger partial charge in [-0.15, -0.1) is 0 Å². The van der Waals surface area contributed by atoms with Crippen LogP contribution < -0.4 is 10.5 Å². The zero-order valence-electron chi connectivity index (χ0n) is 25.3. The molecule has 1 N–H and O–H groups in total. The molecule has 0 radical (unpaired) electrons. The number of allylic oxidation sites excluding steroid dienone is 1. The van der Waals surface area contributed by atoms with Gasteiger partial charge in [-0.25, -0.2) is 9.37 Å². The fourth-order valence-corrected chi connectivity index (χ4v) is 7.10. The van der Waals surface area contributed by atoms with Crippen LogP contribution in [0.3, 0.4) is 0 Å². The number of nitrogens with zero attached hydrogens (tertiary/aromatic N) is 6. The molecule has 1 amide bonds. The van der Waals surface area contributed by atoms with Crippen molar-refractivity contribution in [3.05, 3.63) is 72.8 Å². The third-order valence-corrected chi connectivity index (χ3v) is 9.85. The zero-order chi connectivity index (χ0) is 33.8. The first-order valence-electron chi connectivity index (χ1n) is 14.4. The van der Waals surface area contributed by atoms with E-state index in [1.165, 1.54) is 16.7 Å². The van der Waals surface area contributed by atoms with Crippen molar-refractivity contribution < 1.29 is 14.3 Å². The van der Waals surface area contributed by atoms with Gasteiger partial charge in [0.2, 0.25) is 5.91 Å². The summed E-state index contributed by atoms with van der Waals surface area (Å²) in [5, 5.41) is 20.1. The lowest BCUT2D eigenvalue weighted by Gasteiger charge is -2.41. The van der Waals surface area contributed by atoms with Crippen LogP contribution in [0.25, 0.3) is 22.3 Å². The van der Waals surface area contributed by atoms with Crippen LogP contribution in [0.2, 0.25) is 20.1 Å². The summed E-state index contributed by atoms with van der Waals surface area (Å²) < 4.78 is 16.5. The number of aromatic nitrogens is 2. The molecular formula is C32H29Cl4FN6O3. The highest BCUT2D eigenvalue weighted by Crippen LogP contribution is 2.49. The number of aromatic hydroxyl groups is 1. The summed E-state index contributed by atoms with van der Waals surface area (Å²) in [4.78, 5) is 39.9. The number of aliphatic imine (C=N–C) groups is 1. The average Bonchev–Trinajstić information content (AvgIpc) is 3.02. The highest BCUT2D eigenvalue weighted by Gasteiger charge is 2.36. The van der Waals surface area contributed by atoms with Crippen molar-refractivity contribution >= 4 is 74.7 Å². The van der Waals surface area contributed by atoms with Gasteiger partial charge in [0.25, 0.3) is 5.56 Å². The second-order valence-electron chi connectivity index (χ2n) is 11.6. The highest BCUT2D eigenvalue weighted by atomic mass is 35.5. The van der Waals surface area contributed by atoms with E-state index in [0.717, 1.165) is 0 Å². The Bertz CT molecular complexity index is 1940. The van der Waals surface area contributed by atoms with Crippen LogP contribution in [0.1, 0.15) is 39.3 Å². The number of carbonyl (C=O) groups excluding carboxylic acids is 1. The number of amides is 1. The van der Waals surface area contributed by atoms with Crippen LogP contribution >= 0.6 is 46.4 Å². The van der Waals surface area contributed by atoms with E-state index in [2.05, 4.69) is 17.6 Å². The van der Waals surface area contributed by atoms with Crippen molar-refractivity contribution in [3.8, 4) is 23.1 Å². The summed E-state index contributed by atoms with van der Waals surface area (Å²) in [5.41, 5.74) is -0.174. The fraction of sp³-hybridized carbons (Fsp3) is 0.344. The molecule has 3 atom stereocenters. The van der Waals surface area contributed by atoms with Crippen LogP contribution in [0.5, 0.6) is 5.75 Å². The van der Waals surface area contributed by atoms with Crippen molar-refractivity contribution in [2.24, 2.45) is 16.8 Å². The predicted molar refractivity (Wildman–Crippen MR) is 181 cm³/mol. The molecule has 2 aliphatic rings. The lowest BCUT2D eigenvalue weighted by Crippen LogP contribution is -2.54. The minimum absolute atomic E-state index is 0.0688. The third kappa shape index (κ3) is 5.43. The largest absolute Gasteiger partial charge is 0.506 e. The Hall–Kier alpha value is -3.62. The molecule has 240 valence electrons. The van der Waals surface area contributed by atoms with Crippen molar-refractivity contribution in [1.82, 2.24) is 14.5 Å². The van der Waals surface area contributed by atoms with Gasteiger partial charge in [-0.1, -0.05) is 79.8 Å². The number of pyridine rings is 2. The molecule has 0 bridgehead atoms. The number of hydrogen-bond donors (Lipinski definition) is 1. The number of phenolic OH excluding ortho intramolecular Hbond substituents is 1. The number of nitriles is 1. The monoisotopic (exact) mass is 704 g/mol. The second kappa shape index (κ2) is 12.9. The van der Waals surface area contributed by atoms with Gasteiger partial charge < -0.3 is 14.9 Å². The van der Waals surface area contributed by atoms with Gasteiger partial charge in [-0.3, -0.25) is 19.1 Å². The quantitative estimate of drug-likeness (QED) is 0.168. The van der Waals surface area contributed by atoms with E-state index in [9.17, 15) is 20.0 Å². The van der Waals surface area contributed by atoms with E-state index in [4.69, 9.17) is 51.4 Å². The van der Waals surface area contributed by atoms with Gasteiger partial charge in [0.1, 0.15) is 33.1 Å². The van der Waals surface area contributed by atoms with E-state index in [-0.39, 0.29) is 63.5 Å². The Morgan fingerprint density at radius 3 is 2.50 bits per heavy atom. The molecule has 5 rings (SSSR count). The lowest BCUT2D eigenvalue weighted by molar-refractivity contribution is -0.128. The first-order chi connectivity index (χ1) is 21.7. The number of phenols is 1. The Kier molecular flexibility index (Phi) is 9.45. The molecule has 2 aromatic heterocycles. The van der Waals surface area contributed by atoms with Gasteiger partial charge in [0.15, 0.2) is 5.82 Å².